The van der Waals surface area contributed by atoms with Crippen LogP contribution < -0.4 is 4.90 Å². The molecule has 2 nitrogen and oxygen atoms in total. The highest BCUT2D eigenvalue weighted by Crippen LogP contribution is 2.27. The van der Waals surface area contributed by atoms with Gasteiger partial charge in [-0.25, -0.2) is 0 Å². The summed E-state index contributed by atoms with van der Waals surface area (Å²) in [6.45, 7) is 3.74. The molecular formula is C8H10BrNOS. The van der Waals surface area contributed by atoms with Crippen molar-refractivity contribution in [3.05, 3.63) is 15.2 Å². The summed E-state index contributed by atoms with van der Waals surface area (Å²) in [5.41, 5.74) is 1.31. The van der Waals surface area contributed by atoms with E-state index < -0.39 is 0 Å². The molecule has 0 bridgehead atoms. The Morgan fingerprint density at radius 3 is 2.75 bits per heavy atom. The molecule has 0 radical (unpaired) electrons. The Balaban J connectivity index is 2.08. The summed E-state index contributed by atoms with van der Waals surface area (Å²) in [7, 11) is 0. The van der Waals surface area contributed by atoms with E-state index in [1.807, 2.05) is 0 Å². The number of hydrogen-bond acceptors (Lipinski definition) is 3. The van der Waals surface area contributed by atoms with Gasteiger partial charge in [0.05, 0.1) is 17.0 Å². The third-order valence-corrected chi connectivity index (χ3v) is 3.42. The van der Waals surface area contributed by atoms with E-state index in [2.05, 4.69) is 32.3 Å². The number of morpholine rings is 1. The summed E-state index contributed by atoms with van der Waals surface area (Å²) >= 11 is 5.19. The van der Waals surface area contributed by atoms with Crippen molar-refractivity contribution in [2.24, 2.45) is 0 Å². The Bertz CT molecular complexity index is 257. The summed E-state index contributed by atoms with van der Waals surface area (Å²) < 4.78 is 6.48. The molecule has 2 rings (SSSR count). The number of thiophene rings is 1. The van der Waals surface area contributed by atoms with Crippen LogP contribution in [0.5, 0.6) is 0 Å². The van der Waals surface area contributed by atoms with Crippen molar-refractivity contribution in [3.8, 4) is 0 Å². The van der Waals surface area contributed by atoms with Crippen LogP contribution in [-0.2, 0) is 4.74 Å². The average Bonchev–Trinajstić information content (AvgIpc) is 2.54. The molecule has 1 saturated heterocycles. The smallest absolute Gasteiger partial charge is 0.0719 e. The summed E-state index contributed by atoms with van der Waals surface area (Å²) in [5, 5.41) is 2.18. The van der Waals surface area contributed by atoms with E-state index >= 15 is 0 Å². The van der Waals surface area contributed by atoms with Gasteiger partial charge >= 0.3 is 0 Å². The van der Waals surface area contributed by atoms with Crippen molar-refractivity contribution < 1.29 is 4.74 Å². The maximum atomic E-state index is 5.28. The lowest BCUT2D eigenvalue weighted by Gasteiger charge is -2.27. The molecule has 1 fully saturated rings. The lowest BCUT2D eigenvalue weighted by molar-refractivity contribution is 0.122. The van der Waals surface area contributed by atoms with Gasteiger partial charge in [-0.1, -0.05) is 0 Å². The first-order chi connectivity index (χ1) is 5.86. The van der Waals surface area contributed by atoms with Gasteiger partial charge in [-0.05, 0) is 22.0 Å². The lowest BCUT2D eigenvalue weighted by Crippen LogP contribution is -2.35. The highest BCUT2D eigenvalue weighted by Gasteiger charge is 2.11. The van der Waals surface area contributed by atoms with Gasteiger partial charge in [0.2, 0.25) is 0 Å². The maximum absolute atomic E-state index is 5.28. The Morgan fingerprint density at radius 1 is 1.42 bits per heavy atom. The van der Waals surface area contributed by atoms with E-state index in [4.69, 9.17) is 4.74 Å². The molecule has 12 heavy (non-hydrogen) atoms. The molecule has 0 aromatic carbocycles. The van der Waals surface area contributed by atoms with E-state index in [9.17, 15) is 0 Å². The highest BCUT2D eigenvalue weighted by molar-refractivity contribution is 9.11. The van der Waals surface area contributed by atoms with Crippen molar-refractivity contribution in [2.45, 2.75) is 0 Å². The van der Waals surface area contributed by atoms with Crippen LogP contribution in [-0.4, -0.2) is 26.3 Å². The molecule has 0 amide bonds. The van der Waals surface area contributed by atoms with Crippen LogP contribution in [0.1, 0.15) is 0 Å². The molecule has 1 aromatic heterocycles. The average molecular weight is 248 g/mol. The molecule has 1 aliphatic heterocycles. The quantitative estimate of drug-likeness (QED) is 0.756. The first-order valence-corrected chi connectivity index (χ1v) is 5.60. The zero-order valence-corrected chi connectivity index (χ0v) is 9.03. The van der Waals surface area contributed by atoms with Crippen LogP contribution in [0, 0.1) is 0 Å². The summed E-state index contributed by atoms with van der Waals surface area (Å²) in [5.74, 6) is 0. The zero-order chi connectivity index (χ0) is 8.39. The van der Waals surface area contributed by atoms with E-state index in [-0.39, 0.29) is 0 Å². The Hall–Kier alpha value is -0.0600. The van der Waals surface area contributed by atoms with E-state index in [0.717, 1.165) is 26.3 Å². The van der Waals surface area contributed by atoms with Crippen molar-refractivity contribution in [1.82, 2.24) is 0 Å². The number of rotatable bonds is 1. The van der Waals surface area contributed by atoms with Crippen LogP contribution in [0.2, 0.25) is 0 Å². The van der Waals surface area contributed by atoms with Gasteiger partial charge in [0.1, 0.15) is 0 Å². The molecule has 0 saturated carbocycles. The number of halogens is 1. The standard InChI is InChI=1S/C8H10BrNOS/c9-8-5-7(6-12-8)10-1-3-11-4-2-10/h5-6H,1-4H2. The molecule has 0 N–H and O–H groups in total. The van der Waals surface area contributed by atoms with Crippen LogP contribution in [0.15, 0.2) is 15.2 Å². The van der Waals surface area contributed by atoms with Gasteiger partial charge in [0.15, 0.2) is 0 Å². The Morgan fingerprint density at radius 2 is 2.17 bits per heavy atom. The molecule has 1 aromatic rings. The van der Waals surface area contributed by atoms with Gasteiger partial charge in [-0.3, -0.25) is 0 Å². The molecule has 1 aliphatic rings. The predicted molar refractivity (Wildman–Crippen MR) is 55.1 cm³/mol. The molecular weight excluding hydrogens is 238 g/mol. The molecule has 0 unspecified atom stereocenters. The maximum Gasteiger partial charge on any atom is 0.0719 e. The van der Waals surface area contributed by atoms with E-state index in [0.29, 0.717) is 0 Å². The minimum absolute atomic E-state index is 0.855. The molecule has 4 heteroatoms. The fraction of sp³-hybridized carbons (Fsp3) is 0.500. The first kappa shape index (κ1) is 8.53. The Labute approximate surface area is 84.3 Å². The van der Waals surface area contributed by atoms with Crippen molar-refractivity contribution in [3.63, 3.8) is 0 Å². The van der Waals surface area contributed by atoms with Gasteiger partial charge in [-0.2, -0.15) is 0 Å². The largest absolute Gasteiger partial charge is 0.378 e. The fourth-order valence-electron chi connectivity index (χ4n) is 1.29. The van der Waals surface area contributed by atoms with Crippen LogP contribution >= 0.6 is 27.3 Å². The van der Waals surface area contributed by atoms with E-state index in [1.54, 1.807) is 11.3 Å². The second-order valence-corrected chi connectivity index (χ2v) is 5.00. The number of ether oxygens (including phenoxy) is 1. The van der Waals surface area contributed by atoms with Crippen molar-refractivity contribution in [2.75, 3.05) is 31.2 Å². The van der Waals surface area contributed by atoms with E-state index in [1.165, 1.54) is 9.47 Å². The number of hydrogen-bond donors (Lipinski definition) is 0. The van der Waals surface area contributed by atoms with Crippen LogP contribution in [0.3, 0.4) is 0 Å². The zero-order valence-electron chi connectivity index (χ0n) is 6.62. The predicted octanol–water partition coefficient (Wildman–Crippen LogP) is 2.35. The summed E-state index contributed by atoms with van der Waals surface area (Å²) in [6, 6.07) is 2.16. The minimum atomic E-state index is 0.855. The van der Waals surface area contributed by atoms with Crippen molar-refractivity contribution in [1.29, 1.82) is 0 Å². The van der Waals surface area contributed by atoms with Crippen molar-refractivity contribution >= 4 is 33.0 Å². The van der Waals surface area contributed by atoms with Gasteiger partial charge in [0, 0.05) is 24.2 Å². The fourth-order valence-corrected chi connectivity index (χ4v) is 2.44. The molecule has 0 atom stereocenters. The monoisotopic (exact) mass is 247 g/mol. The molecule has 66 valence electrons. The summed E-state index contributed by atoms with van der Waals surface area (Å²) in [4.78, 5) is 2.35. The first-order valence-electron chi connectivity index (χ1n) is 3.93. The van der Waals surface area contributed by atoms with Crippen LogP contribution in [0.25, 0.3) is 0 Å². The van der Waals surface area contributed by atoms with Crippen LogP contribution in [0.4, 0.5) is 5.69 Å². The molecule has 2 heterocycles. The molecule has 0 aliphatic carbocycles. The second-order valence-electron chi connectivity index (χ2n) is 2.71. The number of nitrogens with zero attached hydrogens (tertiary/aromatic N) is 1. The SMILES string of the molecule is Brc1cc(N2CCOCC2)cs1. The van der Waals surface area contributed by atoms with Gasteiger partial charge in [0.25, 0.3) is 0 Å². The third kappa shape index (κ3) is 1.81. The number of anilines is 1. The van der Waals surface area contributed by atoms with Gasteiger partial charge < -0.3 is 9.64 Å². The lowest BCUT2D eigenvalue weighted by atomic mass is 10.4. The minimum Gasteiger partial charge on any atom is -0.378 e. The third-order valence-electron chi connectivity index (χ3n) is 1.93. The normalized spacial score (nSPS) is 18.2. The highest BCUT2D eigenvalue weighted by atomic mass is 79.9. The molecule has 0 spiro atoms. The Kier molecular flexibility index (Phi) is 2.68. The summed E-state index contributed by atoms with van der Waals surface area (Å²) in [6.07, 6.45) is 0. The topological polar surface area (TPSA) is 12.5 Å². The van der Waals surface area contributed by atoms with Gasteiger partial charge in [-0.15, -0.1) is 11.3 Å². The second kappa shape index (κ2) is 3.77.